The van der Waals surface area contributed by atoms with Crippen molar-refractivity contribution in [2.75, 3.05) is 4.90 Å². The van der Waals surface area contributed by atoms with Crippen molar-refractivity contribution < 1.29 is 9.21 Å². The minimum absolute atomic E-state index is 0.161. The number of rotatable bonds is 3. The first-order valence-corrected chi connectivity index (χ1v) is 10.3. The van der Waals surface area contributed by atoms with Gasteiger partial charge in [0.05, 0.1) is 20.6 Å². The summed E-state index contributed by atoms with van der Waals surface area (Å²) >= 11 is 18.7. The first kappa shape index (κ1) is 19.3. The number of nitrogens with zero attached hydrogens (tertiary/aromatic N) is 1. The van der Waals surface area contributed by atoms with Gasteiger partial charge in [0.1, 0.15) is 11.5 Å². The van der Waals surface area contributed by atoms with E-state index in [1.807, 2.05) is 43.3 Å². The van der Waals surface area contributed by atoms with Gasteiger partial charge in [0.25, 0.3) is 5.91 Å². The highest BCUT2D eigenvalue weighted by atomic mass is 35.5. The molecule has 4 rings (SSSR count). The van der Waals surface area contributed by atoms with Crippen LogP contribution in [-0.2, 0) is 4.79 Å². The molecule has 3 aromatic rings. The van der Waals surface area contributed by atoms with Gasteiger partial charge < -0.3 is 4.42 Å². The summed E-state index contributed by atoms with van der Waals surface area (Å²) in [5.41, 5.74) is 2.68. The molecule has 0 spiro atoms. The lowest BCUT2D eigenvalue weighted by Crippen LogP contribution is -2.27. The topological polar surface area (TPSA) is 33.5 Å². The van der Waals surface area contributed by atoms with Gasteiger partial charge in [0, 0.05) is 11.6 Å². The normalized spacial score (nSPS) is 15.7. The van der Waals surface area contributed by atoms with Crippen molar-refractivity contribution >= 4 is 69.2 Å². The van der Waals surface area contributed by atoms with Crippen LogP contribution in [0.15, 0.2) is 63.9 Å². The lowest BCUT2D eigenvalue weighted by atomic mass is 10.2. The third-order valence-corrected chi connectivity index (χ3v) is 6.23. The summed E-state index contributed by atoms with van der Waals surface area (Å²) in [5, 5.41) is 0.938. The van der Waals surface area contributed by atoms with Crippen LogP contribution < -0.4 is 4.90 Å². The highest BCUT2D eigenvalue weighted by Gasteiger charge is 2.33. The minimum Gasteiger partial charge on any atom is -0.457 e. The summed E-state index contributed by atoms with van der Waals surface area (Å²) in [7, 11) is 0. The molecule has 1 aliphatic heterocycles. The van der Waals surface area contributed by atoms with Crippen LogP contribution in [0.5, 0.6) is 0 Å². The number of benzene rings is 2. The van der Waals surface area contributed by atoms with Crippen LogP contribution in [0.4, 0.5) is 5.69 Å². The molecule has 28 heavy (non-hydrogen) atoms. The van der Waals surface area contributed by atoms with Crippen molar-refractivity contribution in [3.05, 3.63) is 80.9 Å². The van der Waals surface area contributed by atoms with Gasteiger partial charge in [-0.25, -0.2) is 0 Å². The molecular formula is C21H13Cl2NO2S2. The Labute approximate surface area is 181 Å². The molecule has 0 radical (unpaired) electrons. The van der Waals surface area contributed by atoms with Gasteiger partial charge in [-0.05, 0) is 49.4 Å². The number of thiocarbonyl (C=S) groups is 1. The van der Waals surface area contributed by atoms with E-state index in [-0.39, 0.29) is 5.91 Å². The van der Waals surface area contributed by atoms with Crippen LogP contribution in [0.25, 0.3) is 17.4 Å². The average molecular weight is 446 g/mol. The van der Waals surface area contributed by atoms with E-state index in [2.05, 4.69) is 0 Å². The van der Waals surface area contributed by atoms with E-state index in [1.54, 1.807) is 24.3 Å². The summed E-state index contributed by atoms with van der Waals surface area (Å²) in [6.45, 7) is 2.00. The standard InChI is InChI=1S/C21H13Cl2NO2S2/c1-12-2-5-14(6-3-12)24-20(25)19(28-21(24)27)11-15-7-9-18(26-15)13-4-8-16(22)17(23)10-13/h2-11H,1H3/b19-11-. The maximum atomic E-state index is 12.8. The van der Waals surface area contributed by atoms with Crippen LogP contribution in [0.3, 0.4) is 0 Å². The number of halogens is 2. The summed E-state index contributed by atoms with van der Waals surface area (Å²) in [6.07, 6.45) is 1.70. The number of carbonyl (C=O) groups is 1. The Hall–Kier alpha value is -2.05. The molecule has 1 aromatic heterocycles. The Morgan fingerprint density at radius 2 is 1.79 bits per heavy atom. The largest absolute Gasteiger partial charge is 0.457 e. The Morgan fingerprint density at radius 1 is 1.04 bits per heavy atom. The van der Waals surface area contributed by atoms with Crippen molar-refractivity contribution in [1.82, 2.24) is 0 Å². The molecule has 0 unspecified atom stereocenters. The van der Waals surface area contributed by atoms with Crippen LogP contribution in [0, 0.1) is 6.92 Å². The molecule has 0 aliphatic carbocycles. The molecule has 140 valence electrons. The fraction of sp³-hybridized carbons (Fsp3) is 0.0476. The lowest BCUT2D eigenvalue weighted by molar-refractivity contribution is -0.113. The number of hydrogen-bond acceptors (Lipinski definition) is 4. The van der Waals surface area contributed by atoms with Gasteiger partial charge in [0.15, 0.2) is 4.32 Å². The van der Waals surface area contributed by atoms with Gasteiger partial charge in [0.2, 0.25) is 0 Å². The fourth-order valence-electron chi connectivity index (χ4n) is 2.75. The maximum Gasteiger partial charge on any atom is 0.270 e. The van der Waals surface area contributed by atoms with E-state index >= 15 is 0 Å². The predicted molar refractivity (Wildman–Crippen MR) is 121 cm³/mol. The van der Waals surface area contributed by atoms with Gasteiger partial charge in [-0.3, -0.25) is 9.69 Å². The fourth-order valence-corrected chi connectivity index (χ4v) is 4.33. The number of amides is 1. The summed E-state index contributed by atoms with van der Waals surface area (Å²) in [6, 6.07) is 16.6. The smallest absolute Gasteiger partial charge is 0.270 e. The molecule has 7 heteroatoms. The van der Waals surface area contributed by atoms with E-state index in [1.165, 1.54) is 16.7 Å². The van der Waals surface area contributed by atoms with Crippen LogP contribution in [0.2, 0.25) is 10.0 Å². The van der Waals surface area contributed by atoms with Crippen molar-refractivity contribution in [2.24, 2.45) is 0 Å². The van der Waals surface area contributed by atoms with E-state index in [0.29, 0.717) is 30.8 Å². The number of carbonyl (C=O) groups excluding carboxylic acids is 1. The molecule has 3 nitrogen and oxygen atoms in total. The Bertz CT molecular complexity index is 1120. The third kappa shape index (κ3) is 3.76. The monoisotopic (exact) mass is 445 g/mol. The SMILES string of the molecule is Cc1ccc(N2C(=O)/C(=C/c3ccc(-c4ccc(Cl)c(Cl)c4)o3)SC2=S)cc1. The number of furan rings is 1. The molecule has 1 saturated heterocycles. The van der Waals surface area contributed by atoms with Crippen molar-refractivity contribution in [2.45, 2.75) is 6.92 Å². The Balaban J connectivity index is 1.60. The van der Waals surface area contributed by atoms with E-state index < -0.39 is 0 Å². The zero-order valence-corrected chi connectivity index (χ0v) is 17.8. The maximum absolute atomic E-state index is 12.8. The van der Waals surface area contributed by atoms with Crippen LogP contribution >= 0.6 is 47.2 Å². The second-order valence-corrected chi connectivity index (χ2v) is 8.67. The van der Waals surface area contributed by atoms with E-state index in [4.69, 9.17) is 39.8 Å². The molecule has 0 N–H and O–H groups in total. The second kappa shape index (κ2) is 7.76. The zero-order valence-electron chi connectivity index (χ0n) is 14.6. The molecule has 1 amide bonds. The van der Waals surface area contributed by atoms with Gasteiger partial charge in [-0.1, -0.05) is 64.9 Å². The van der Waals surface area contributed by atoms with E-state index in [9.17, 15) is 4.79 Å². The van der Waals surface area contributed by atoms with Crippen molar-refractivity contribution in [3.8, 4) is 11.3 Å². The highest BCUT2D eigenvalue weighted by molar-refractivity contribution is 8.27. The minimum atomic E-state index is -0.161. The Kier molecular flexibility index (Phi) is 5.34. The molecule has 1 aliphatic rings. The molecule has 2 aromatic carbocycles. The number of hydrogen-bond donors (Lipinski definition) is 0. The quantitative estimate of drug-likeness (QED) is 0.321. The lowest BCUT2D eigenvalue weighted by Gasteiger charge is -2.14. The number of anilines is 1. The molecule has 0 saturated carbocycles. The third-order valence-electron chi connectivity index (χ3n) is 4.19. The number of thioether (sulfide) groups is 1. The molecular weight excluding hydrogens is 433 g/mol. The zero-order chi connectivity index (χ0) is 19.8. The first-order valence-electron chi connectivity index (χ1n) is 8.32. The van der Waals surface area contributed by atoms with Crippen molar-refractivity contribution in [1.29, 1.82) is 0 Å². The summed E-state index contributed by atoms with van der Waals surface area (Å²) in [5.74, 6) is 1.04. The van der Waals surface area contributed by atoms with Gasteiger partial charge in [-0.2, -0.15) is 0 Å². The van der Waals surface area contributed by atoms with Gasteiger partial charge >= 0.3 is 0 Å². The van der Waals surface area contributed by atoms with E-state index in [0.717, 1.165) is 16.8 Å². The number of aryl methyl sites for hydroxylation is 1. The Morgan fingerprint density at radius 3 is 2.50 bits per heavy atom. The molecule has 2 heterocycles. The average Bonchev–Trinajstić information content (AvgIpc) is 3.24. The first-order chi connectivity index (χ1) is 13.4. The summed E-state index contributed by atoms with van der Waals surface area (Å²) < 4.78 is 6.36. The van der Waals surface area contributed by atoms with Gasteiger partial charge in [-0.15, -0.1) is 0 Å². The van der Waals surface area contributed by atoms with Crippen molar-refractivity contribution in [3.63, 3.8) is 0 Å². The molecule has 1 fully saturated rings. The highest BCUT2D eigenvalue weighted by Crippen LogP contribution is 2.37. The molecule has 0 atom stereocenters. The summed E-state index contributed by atoms with van der Waals surface area (Å²) in [4.78, 5) is 14.9. The second-order valence-electron chi connectivity index (χ2n) is 6.18. The molecule has 0 bridgehead atoms. The van der Waals surface area contributed by atoms with Crippen LogP contribution in [0.1, 0.15) is 11.3 Å². The predicted octanol–water partition coefficient (Wildman–Crippen LogP) is 6.97. The van der Waals surface area contributed by atoms with Crippen LogP contribution in [-0.4, -0.2) is 10.2 Å².